The van der Waals surface area contributed by atoms with Crippen molar-refractivity contribution in [2.24, 2.45) is 0 Å². The van der Waals surface area contributed by atoms with Crippen molar-refractivity contribution in [1.82, 2.24) is 4.72 Å². The predicted molar refractivity (Wildman–Crippen MR) is 112 cm³/mol. The van der Waals surface area contributed by atoms with Crippen LogP contribution in [0.1, 0.15) is 55.5 Å². The van der Waals surface area contributed by atoms with Crippen LogP contribution in [0.3, 0.4) is 0 Å². The normalized spacial score (nSPS) is 14.3. The van der Waals surface area contributed by atoms with Crippen LogP contribution in [0.4, 0.5) is 22.0 Å². The second kappa shape index (κ2) is 9.36. The highest BCUT2D eigenvalue weighted by atomic mass is 32.2. The summed E-state index contributed by atoms with van der Waals surface area (Å²) < 4.78 is 83.9. The van der Waals surface area contributed by atoms with Gasteiger partial charge < -0.3 is 9.66 Å². The summed E-state index contributed by atoms with van der Waals surface area (Å²) in [5.74, 6) is -3.64. The number of alkyl halides is 3. The fraction of sp³-hybridized carbons (Fsp3) is 0.409. The van der Waals surface area contributed by atoms with Gasteiger partial charge in [-0.05, 0) is 81.1 Å². The lowest BCUT2D eigenvalue weighted by Gasteiger charge is -2.28. The Bertz CT molecular complexity index is 995. The smallest absolute Gasteiger partial charge is 0.419 e. The summed E-state index contributed by atoms with van der Waals surface area (Å²) in [6.45, 7) is 7.74. The third-order valence-corrected chi connectivity index (χ3v) is 6.36. The molecule has 0 heterocycles. The van der Waals surface area contributed by atoms with Gasteiger partial charge in [-0.2, -0.15) is 13.2 Å². The first kappa shape index (κ1) is 26.1. The molecule has 0 bridgehead atoms. The van der Waals surface area contributed by atoms with Gasteiger partial charge in [0.25, 0.3) is 0 Å². The molecule has 0 radical (unpaired) electrons. The third kappa shape index (κ3) is 5.99. The number of carboxylic acid groups (broad SMARTS) is 1. The molecule has 0 aliphatic rings. The second-order valence-corrected chi connectivity index (χ2v) is 10.5. The van der Waals surface area contributed by atoms with Gasteiger partial charge in [-0.3, -0.25) is 4.79 Å². The van der Waals surface area contributed by atoms with Crippen molar-refractivity contribution in [2.75, 3.05) is 0 Å². The first-order valence-corrected chi connectivity index (χ1v) is 10.7. The number of halogens is 5. The van der Waals surface area contributed by atoms with Gasteiger partial charge >= 0.3 is 12.1 Å². The van der Waals surface area contributed by atoms with Crippen molar-refractivity contribution in [1.29, 1.82) is 0 Å². The molecule has 0 amide bonds. The minimum Gasteiger partial charge on any atom is -0.598 e. The Hall–Kier alpha value is -2.17. The molecule has 1 unspecified atom stereocenters. The molecule has 0 fully saturated rings. The van der Waals surface area contributed by atoms with E-state index in [-0.39, 0.29) is 11.1 Å². The summed E-state index contributed by atoms with van der Waals surface area (Å²) in [7, 11) is 0. The van der Waals surface area contributed by atoms with Crippen LogP contribution in [0.5, 0.6) is 0 Å². The number of hydrogen-bond acceptors (Lipinski definition) is 3. The molecule has 0 aromatic heterocycles. The molecular weight excluding hydrogens is 453 g/mol. The van der Waals surface area contributed by atoms with E-state index in [1.165, 1.54) is 13.8 Å². The highest BCUT2D eigenvalue weighted by Gasteiger charge is 2.39. The Kier molecular flexibility index (Phi) is 7.63. The number of benzene rings is 2. The van der Waals surface area contributed by atoms with Crippen molar-refractivity contribution in [2.45, 2.75) is 58.0 Å². The molecule has 0 aliphatic carbocycles. The van der Waals surface area contributed by atoms with E-state index in [1.807, 2.05) is 0 Å². The average molecular weight is 477 g/mol. The second-order valence-electron chi connectivity index (χ2n) is 8.49. The standard InChI is InChI=1S/C22H24F5NO3S/c1-11-6-14(23)7-12(2)19(11)13-8-15(20(24)16(9-13)22(25,26)27)17(10-18(29)30)28-32(31)21(3,4)5/h6-9,17,28H,10H2,1-5H3,(H,29,30)/t17?,32-/m1/s1. The fourth-order valence-corrected chi connectivity index (χ4v) is 4.14. The molecular formula is C22H24F5NO3S. The van der Waals surface area contributed by atoms with Crippen LogP contribution in [0.15, 0.2) is 24.3 Å². The van der Waals surface area contributed by atoms with Gasteiger partial charge in [0.05, 0.1) is 18.0 Å². The minimum atomic E-state index is -5.08. The topological polar surface area (TPSA) is 72.4 Å². The SMILES string of the molecule is Cc1cc(F)cc(C)c1-c1cc(C(CC(=O)O)N[S@+]([O-])C(C)(C)C)c(F)c(C(F)(F)F)c1. The lowest BCUT2D eigenvalue weighted by Crippen LogP contribution is -2.42. The quantitative estimate of drug-likeness (QED) is 0.405. The van der Waals surface area contributed by atoms with Crippen LogP contribution in [-0.2, 0) is 22.3 Å². The van der Waals surface area contributed by atoms with Crippen LogP contribution < -0.4 is 4.72 Å². The zero-order chi connectivity index (χ0) is 24.6. The zero-order valence-corrected chi connectivity index (χ0v) is 19.0. The molecule has 0 aliphatic heterocycles. The van der Waals surface area contributed by atoms with Gasteiger partial charge in [-0.15, -0.1) is 4.72 Å². The van der Waals surface area contributed by atoms with Crippen molar-refractivity contribution >= 4 is 17.3 Å². The van der Waals surface area contributed by atoms with E-state index >= 15 is 4.39 Å². The number of rotatable bonds is 6. The van der Waals surface area contributed by atoms with E-state index in [0.29, 0.717) is 17.2 Å². The van der Waals surface area contributed by atoms with Crippen LogP contribution in [0, 0.1) is 25.5 Å². The van der Waals surface area contributed by atoms with Gasteiger partial charge in [0, 0.05) is 16.9 Å². The summed E-state index contributed by atoms with van der Waals surface area (Å²) in [6, 6.07) is 2.48. The van der Waals surface area contributed by atoms with Crippen molar-refractivity contribution in [3.8, 4) is 11.1 Å². The highest BCUT2D eigenvalue weighted by molar-refractivity contribution is 7.90. The Morgan fingerprint density at radius 3 is 2.06 bits per heavy atom. The summed E-state index contributed by atoms with van der Waals surface area (Å²) in [5.41, 5.74) is -1.31. The largest absolute Gasteiger partial charge is 0.598 e. The van der Waals surface area contributed by atoms with E-state index in [2.05, 4.69) is 4.72 Å². The number of carbonyl (C=O) groups is 1. The maximum absolute atomic E-state index is 15.1. The molecule has 0 saturated carbocycles. The number of aryl methyl sites for hydroxylation is 2. The van der Waals surface area contributed by atoms with Gasteiger partial charge in [0.2, 0.25) is 0 Å². The van der Waals surface area contributed by atoms with Gasteiger partial charge in [-0.25, -0.2) is 8.78 Å². The van der Waals surface area contributed by atoms with Crippen molar-refractivity contribution in [3.63, 3.8) is 0 Å². The molecule has 2 aromatic carbocycles. The van der Waals surface area contributed by atoms with Gasteiger partial charge in [0.1, 0.15) is 16.4 Å². The number of nitrogens with one attached hydrogen (secondary N) is 1. The molecule has 2 atom stereocenters. The molecule has 2 rings (SSSR count). The maximum atomic E-state index is 15.1. The summed E-state index contributed by atoms with van der Waals surface area (Å²) in [6.07, 6.45) is -5.88. The molecule has 32 heavy (non-hydrogen) atoms. The van der Waals surface area contributed by atoms with E-state index in [0.717, 1.165) is 18.2 Å². The lowest BCUT2D eigenvalue weighted by atomic mass is 9.90. The number of aliphatic carboxylic acids is 1. The van der Waals surface area contributed by atoms with E-state index < -0.39 is 63.5 Å². The van der Waals surface area contributed by atoms with Gasteiger partial charge in [0.15, 0.2) is 0 Å². The Morgan fingerprint density at radius 2 is 1.62 bits per heavy atom. The van der Waals surface area contributed by atoms with Crippen LogP contribution in [0.2, 0.25) is 0 Å². The first-order valence-electron chi connectivity index (χ1n) is 9.60. The summed E-state index contributed by atoms with van der Waals surface area (Å²) >= 11 is -1.89. The van der Waals surface area contributed by atoms with Crippen molar-refractivity contribution in [3.05, 3.63) is 58.2 Å². The minimum absolute atomic E-state index is 0.0533. The van der Waals surface area contributed by atoms with Crippen LogP contribution in [-0.4, -0.2) is 20.4 Å². The van der Waals surface area contributed by atoms with E-state index in [1.54, 1.807) is 20.8 Å². The molecule has 2 N–H and O–H groups in total. The molecule has 176 valence electrons. The van der Waals surface area contributed by atoms with Crippen molar-refractivity contribution < 1.29 is 36.4 Å². The number of carboxylic acids is 1. The van der Waals surface area contributed by atoms with Crippen LogP contribution in [0.25, 0.3) is 11.1 Å². The van der Waals surface area contributed by atoms with E-state index in [4.69, 9.17) is 0 Å². The lowest BCUT2D eigenvalue weighted by molar-refractivity contribution is -0.140. The third-order valence-electron chi connectivity index (χ3n) is 4.75. The monoisotopic (exact) mass is 477 g/mol. The van der Waals surface area contributed by atoms with E-state index in [9.17, 15) is 32.0 Å². The zero-order valence-electron chi connectivity index (χ0n) is 18.2. The predicted octanol–water partition coefficient (Wildman–Crippen LogP) is 5.84. The molecule has 10 heteroatoms. The maximum Gasteiger partial charge on any atom is 0.419 e. The molecule has 2 aromatic rings. The van der Waals surface area contributed by atoms with Crippen LogP contribution >= 0.6 is 0 Å². The Balaban J connectivity index is 2.80. The Labute approximate surface area is 186 Å². The molecule has 0 spiro atoms. The average Bonchev–Trinajstić information content (AvgIpc) is 2.59. The fourth-order valence-electron chi connectivity index (χ4n) is 3.31. The summed E-state index contributed by atoms with van der Waals surface area (Å²) in [4.78, 5) is 11.4. The van der Waals surface area contributed by atoms with Gasteiger partial charge in [-0.1, -0.05) is 0 Å². The Morgan fingerprint density at radius 1 is 1.09 bits per heavy atom. The molecule has 4 nitrogen and oxygen atoms in total. The molecule has 0 saturated heterocycles. The highest BCUT2D eigenvalue weighted by Crippen LogP contribution is 2.40. The first-order chi connectivity index (χ1) is 14.5. The summed E-state index contributed by atoms with van der Waals surface area (Å²) in [5, 5.41) is 9.26. The number of hydrogen-bond donors (Lipinski definition) is 2.